The molecule has 1 unspecified atom stereocenters. The summed E-state index contributed by atoms with van der Waals surface area (Å²) < 4.78 is 7.26. The summed E-state index contributed by atoms with van der Waals surface area (Å²) in [7, 11) is 1.68. The van der Waals surface area contributed by atoms with E-state index in [1.54, 1.807) is 18.4 Å². The van der Waals surface area contributed by atoms with Gasteiger partial charge in [0.1, 0.15) is 5.75 Å². The second kappa shape index (κ2) is 5.95. The smallest absolute Gasteiger partial charge is 0.124 e. The summed E-state index contributed by atoms with van der Waals surface area (Å²) in [6, 6.07) is 8.12. The van der Waals surface area contributed by atoms with Gasteiger partial charge in [-0.15, -0.1) is 11.3 Å². The van der Waals surface area contributed by atoms with Crippen LogP contribution in [0.5, 0.6) is 5.75 Å². The first-order valence-corrected chi connectivity index (χ1v) is 8.16. The van der Waals surface area contributed by atoms with Gasteiger partial charge in [0.25, 0.3) is 0 Å². The van der Waals surface area contributed by atoms with E-state index in [4.69, 9.17) is 16.3 Å². The largest absolute Gasteiger partial charge is 0.496 e. The van der Waals surface area contributed by atoms with Crippen molar-refractivity contribution in [1.82, 2.24) is 0 Å². The van der Waals surface area contributed by atoms with Gasteiger partial charge in [0, 0.05) is 14.9 Å². The van der Waals surface area contributed by atoms with E-state index in [0.717, 1.165) is 25.7 Å². The maximum atomic E-state index is 6.12. The minimum atomic E-state index is 0.0942. The summed E-state index contributed by atoms with van der Waals surface area (Å²) >= 11 is 14.9. The molecule has 0 aliphatic heterocycles. The van der Waals surface area contributed by atoms with Gasteiger partial charge in [-0.25, -0.2) is 0 Å². The Morgan fingerprint density at radius 2 is 2.06 bits per heavy atom. The second-order valence-corrected chi connectivity index (χ2v) is 7.37. The van der Waals surface area contributed by atoms with Crippen LogP contribution in [0.4, 0.5) is 0 Å². The van der Waals surface area contributed by atoms with Crippen LogP contribution in [-0.2, 0) is 0 Å². The van der Waals surface area contributed by atoms with Crippen LogP contribution >= 0.6 is 54.8 Å². The number of aryl methyl sites for hydroxylation is 1. The summed E-state index contributed by atoms with van der Waals surface area (Å²) in [5.41, 5.74) is 2.20. The Bertz CT molecular complexity index is 549. The lowest BCUT2D eigenvalue weighted by molar-refractivity contribution is 0.410. The molecule has 5 heteroatoms. The number of methoxy groups -OCH3 is 1. The predicted molar refractivity (Wildman–Crippen MR) is 85.5 cm³/mol. The number of alkyl halides is 1. The van der Waals surface area contributed by atoms with Crippen molar-refractivity contribution in [1.29, 1.82) is 0 Å². The highest BCUT2D eigenvalue weighted by atomic mass is 79.9. The molecule has 18 heavy (non-hydrogen) atoms. The Balaban J connectivity index is 2.42. The van der Waals surface area contributed by atoms with E-state index in [1.165, 1.54) is 4.88 Å². The van der Waals surface area contributed by atoms with Crippen molar-refractivity contribution < 1.29 is 4.74 Å². The Kier molecular flexibility index (Phi) is 4.75. The molecule has 0 spiro atoms. The van der Waals surface area contributed by atoms with E-state index in [2.05, 4.69) is 37.9 Å². The molecule has 0 saturated heterocycles. The van der Waals surface area contributed by atoms with Gasteiger partial charge < -0.3 is 4.74 Å². The van der Waals surface area contributed by atoms with Crippen molar-refractivity contribution in [3.8, 4) is 5.75 Å². The summed E-state index contributed by atoms with van der Waals surface area (Å²) in [6.07, 6.45) is 0. The highest BCUT2D eigenvalue weighted by Gasteiger charge is 2.18. The third-order valence-corrected chi connectivity index (χ3v) is 6.00. The van der Waals surface area contributed by atoms with Crippen molar-refractivity contribution in [3.63, 3.8) is 0 Å². The molecule has 96 valence electrons. The summed E-state index contributed by atoms with van der Waals surface area (Å²) in [5, 5.41) is 0. The summed E-state index contributed by atoms with van der Waals surface area (Å²) in [4.78, 5) is 1.27. The Morgan fingerprint density at radius 3 is 2.61 bits per heavy atom. The molecular formula is C13H11Br2ClOS. The van der Waals surface area contributed by atoms with Crippen LogP contribution in [0.2, 0.25) is 4.34 Å². The zero-order chi connectivity index (χ0) is 13.3. The molecule has 1 aromatic carbocycles. The molecule has 0 bridgehead atoms. The van der Waals surface area contributed by atoms with Crippen molar-refractivity contribution in [2.45, 2.75) is 11.8 Å². The average Bonchev–Trinajstić information content (AvgIpc) is 2.68. The molecule has 1 aromatic heterocycles. The van der Waals surface area contributed by atoms with Crippen molar-refractivity contribution in [3.05, 3.63) is 49.1 Å². The van der Waals surface area contributed by atoms with Crippen LogP contribution in [0, 0.1) is 6.92 Å². The highest BCUT2D eigenvalue weighted by Crippen LogP contribution is 2.42. The molecule has 1 atom stereocenters. The lowest BCUT2D eigenvalue weighted by Crippen LogP contribution is -1.95. The minimum absolute atomic E-state index is 0.0942. The maximum absolute atomic E-state index is 6.12. The third kappa shape index (κ3) is 2.93. The fraction of sp³-hybridized carbons (Fsp3) is 0.231. The highest BCUT2D eigenvalue weighted by molar-refractivity contribution is 9.10. The first kappa shape index (κ1) is 14.4. The minimum Gasteiger partial charge on any atom is -0.496 e. The predicted octanol–water partition coefficient (Wildman–Crippen LogP) is 5.97. The van der Waals surface area contributed by atoms with Gasteiger partial charge in [-0.05, 0) is 30.7 Å². The van der Waals surface area contributed by atoms with Gasteiger partial charge in [-0.3, -0.25) is 0 Å². The fourth-order valence-electron chi connectivity index (χ4n) is 1.66. The zero-order valence-electron chi connectivity index (χ0n) is 9.84. The summed E-state index contributed by atoms with van der Waals surface area (Å²) in [5.74, 6) is 0.855. The van der Waals surface area contributed by atoms with Crippen LogP contribution in [0.25, 0.3) is 0 Å². The molecular weight excluding hydrogens is 399 g/mol. The van der Waals surface area contributed by atoms with Gasteiger partial charge in [0.2, 0.25) is 0 Å². The van der Waals surface area contributed by atoms with E-state index >= 15 is 0 Å². The third-order valence-electron chi connectivity index (χ3n) is 2.59. The van der Waals surface area contributed by atoms with E-state index in [0.29, 0.717) is 0 Å². The van der Waals surface area contributed by atoms with Crippen molar-refractivity contribution >= 4 is 54.8 Å². The molecule has 2 aromatic rings. The molecule has 0 saturated carbocycles. The van der Waals surface area contributed by atoms with E-state index in [1.807, 2.05) is 25.1 Å². The Labute approximate surface area is 132 Å². The molecule has 0 N–H and O–H groups in total. The number of halogens is 3. The van der Waals surface area contributed by atoms with Crippen LogP contribution < -0.4 is 4.74 Å². The van der Waals surface area contributed by atoms with Gasteiger partial charge >= 0.3 is 0 Å². The average molecular weight is 411 g/mol. The number of rotatable bonds is 3. The van der Waals surface area contributed by atoms with Gasteiger partial charge in [0.15, 0.2) is 0 Å². The monoisotopic (exact) mass is 408 g/mol. The molecule has 2 rings (SSSR count). The van der Waals surface area contributed by atoms with Gasteiger partial charge in [0.05, 0.1) is 16.3 Å². The molecule has 1 nitrogen and oxygen atoms in total. The quantitative estimate of drug-likeness (QED) is 0.567. The SMILES string of the molecule is COc1cc(Br)ccc1C(Br)c1cc(C)c(Cl)s1. The number of thiophene rings is 1. The van der Waals surface area contributed by atoms with Crippen LogP contribution in [-0.4, -0.2) is 7.11 Å². The molecule has 0 amide bonds. The second-order valence-electron chi connectivity index (χ2n) is 3.85. The lowest BCUT2D eigenvalue weighted by Gasteiger charge is -2.13. The van der Waals surface area contributed by atoms with Crippen LogP contribution in [0.1, 0.15) is 20.8 Å². The zero-order valence-corrected chi connectivity index (χ0v) is 14.6. The number of hydrogen-bond acceptors (Lipinski definition) is 2. The van der Waals surface area contributed by atoms with Crippen molar-refractivity contribution in [2.24, 2.45) is 0 Å². The number of ether oxygens (including phenoxy) is 1. The van der Waals surface area contributed by atoms with Crippen molar-refractivity contribution in [2.75, 3.05) is 7.11 Å². The molecule has 0 fully saturated rings. The Hall–Kier alpha value is -0.0300. The first-order valence-electron chi connectivity index (χ1n) is 5.26. The molecule has 0 aliphatic rings. The molecule has 1 heterocycles. The Morgan fingerprint density at radius 1 is 1.33 bits per heavy atom. The molecule has 0 aliphatic carbocycles. The topological polar surface area (TPSA) is 9.23 Å². The number of benzene rings is 1. The van der Waals surface area contributed by atoms with Crippen LogP contribution in [0.3, 0.4) is 0 Å². The fourth-order valence-corrected chi connectivity index (χ4v) is 4.00. The maximum Gasteiger partial charge on any atom is 0.124 e. The van der Waals surface area contributed by atoms with Gasteiger partial charge in [-0.2, -0.15) is 0 Å². The van der Waals surface area contributed by atoms with E-state index in [-0.39, 0.29) is 4.83 Å². The first-order chi connectivity index (χ1) is 8.52. The number of hydrogen-bond donors (Lipinski definition) is 0. The van der Waals surface area contributed by atoms with Crippen LogP contribution in [0.15, 0.2) is 28.7 Å². The molecule has 0 radical (unpaired) electrons. The van der Waals surface area contributed by atoms with E-state index in [9.17, 15) is 0 Å². The van der Waals surface area contributed by atoms with Gasteiger partial charge in [-0.1, -0.05) is 49.5 Å². The summed E-state index contributed by atoms with van der Waals surface area (Å²) in [6.45, 7) is 2.01. The lowest BCUT2D eigenvalue weighted by atomic mass is 10.1. The normalized spacial score (nSPS) is 12.5. The standard InChI is InChI=1S/C13H11Br2ClOS/c1-7-5-11(18-13(7)16)12(15)9-4-3-8(14)6-10(9)17-2/h3-6,12H,1-2H3. The van der Waals surface area contributed by atoms with E-state index < -0.39 is 0 Å².